The van der Waals surface area contributed by atoms with Gasteiger partial charge in [-0.05, 0) is 36.1 Å². The second kappa shape index (κ2) is 4.65. The lowest BCUT2D eigenvalue weighted by molar-refractivity contribution is 1.45. The van der Waals surface area contributed by atoms with Crippen LogP contribution in [-0.4, -0.2) is 0 Å². The van der Waals surface area contributed by atoms with Gasteiger partial charge >= 0.3 is 0 Å². The van der Waals surface area contributed by atoms with E-state index in [1.807, 2.05) is 24.3 Å². The van der Waals surface area contributed by atoms with E-state index < -0.39 is 0 Å². The minimum absolute atomic E-state index is 0.763. The fourth-order valence-corrected chi connectivity index (χ4v) is 2.26. The zero-order chi connectivity index (χ0) is 13.2. The molecule has 0 fully saturated rings. The number of benzene rings is 3. The highest BCUT2D eigenvalue weighted by atomic mass is 14.9. The number of rotatable bonds is 2. The summed E-state index contributed by atoms with van der Waals surface area (Å²) in [4.78, 5) is 0. The van der Waals surface area contributed by atoms with Crippen molar-refractivity contribution in [1.82, 2.24) is 0 Å². The Morgan fingerprint density at radius 2 is 1.63 bits per heavy atom. The summed E-state index contributed by atoms with van der Waals surface area (Å²) < 4.78 is 0. The molecule has 94 valence electrons. The van der Waals surface area contributed by atoms with Crippen LogP contribution in [0.5, 0.6) is 0 Å². The van der Waals surface area contributed by atoms with Gasteiger partial charge in [-0.2, -0.15) is 0 Å². The predicted molar refractivity (Wildman–Crippen MR) is 82.8 cm³/mol. The summed E-state index contributed by atoms with van der Waals surface area (Å²) in [6.07, 6.45) is 0. The highest BCUT2D eigenvalue weighted by molar-refractivity contribution is 5.96. The van der Waals surface area contributed by atoms with Crippen LogP contribution in [0.3, 0.4) is 0 Å². The molecule has 3 N–H and O–H groups in total. The molecular weight excluding hydrogens is 232 g/mol. The molecule has 19 heavy (non-hydrogen) atoms. The number of nitrogens with one attached hydrogen (secondary N) is 1. The van der Waals surface area contributed by atoms with Crippen LogP contribution < -0.4 is 11.1 Å². The Balaban J connectivity index is 2.08. The first-order valence-corrected chi connectivity index (χ1v) is 6.35. The molecule has 0 aliphatic carbocycles. The Kier molecular flexibility index (Phi) is 2.84. The van der Waals surface area contributed by atoms with E-state index in [9.17, 15) is 0 Å². The van der Waals surface area contributed by atoms with Crippen molar-refractivity contribution in [2.75, 3.05) is 11.1 Å². The summed E-state index contributed by atoms with van der Waals surface area (Å²) in [6.45, 7) is 2.06. The van der Waals surface area contributed by atoms with Crippen LogP contribution in [-0.2, 0) is 0 Å². The molecule has 0 amide bonds. The fourth-order valence-electron chi connectivity index (χ4n) is 2.26. The highest BCUT2D eigenvalue weighted by Crippen LogP contribution is 2.29. The van der Waals surface area contributed by atoms with Gasteiger partial charge in [-0.3, -0.25) is 0 Å². The third-order valence-corrected chi connectivity index (χ3v) is 3.27. The van der Waals surface area contributed by atoms with E-state index in [4.69, 9.17) is 5.73 Å². The smallest absolute Gasteiger partial charge is 0.0620 e. The largest absolute Gasteiger partial charge is 0.397 e. The standard InChI is InChI=1S/C17H16N2/c1-12-9-10-15(18)17(11-12)19-16-8-4-6-13-5-2-3-7-14(13)16/h2-11,19H,18H2,1H3. The van der Waals surface area contributed by atoms with Crippen LogP contribution in [0, 0.1) is 6.92 Å². The van der Waals surface area contributed by atoms with Crippen molar-refractivity contribution in [2.24, 2.45) is 0 Å². The molecule has 0 aromatic heterocycles. The van der Waals surface area contributed by atoms with Gasteiger partial charge < -0.3 is 11.1 Å². The lowest BCUT2D eigenvalue weighted by Gasteiger charge is -2.12. The van der Waals surface area contributed by atoms with E-state index in [2.05, 4.69) is 48.6 Å². The third-order valence-electron chi connectivity index (χ3n) is 3.27. The van der Waals surface area contributed by atoms with Gasteiger partial charge in [0.05, 0.1) is 11.4 Å². The Labute approximate surface area is 112 Å². The summed E-state index contributed by atoms with van der Waals surface area (Å²) in [5.74, 6) is 0. The van der Waals surface area contributed by atoms with Gasteiger partial charge in [-0.25, -0.2) is 0 Å². The first-order chi connectivity index (χ1) is 9.24. The van der Waals surface area contributed by atoms with Crippen LogP contribution in [0.15, 0.2) is 60.7 Å². The molecule has 0 radical (unpaired) electrons. The maximum atomic E-state index is 6.02. The molecule has 2 heteroatoms. The van der Waals surface area contributed by atoms with Crippen molar-refractivity contribution in [3.05, 3.63) is 66.2 Å². The van der Waals surface area contributed by atoms with Crippen molar-refractivity contribution in [1.29, 1.82) is 0 Å². The SMILES string of the molecule is Cc1ccc(N)c(Nc2cccc3ccccc23)c1. The van der Waals surface area contributed by atoms with Crippen molar-refractivity contribution in [3.8, 4) is 0 Å². The van der Waals surface area contributed by atoms with E-state index >= 15 is 0 Å². The summed E-state index contributed by atoms with van der Waals surface area (Å²) in [5.41, 5.74) is 10.0. The van der Waals surface area contributed by atoms with E-state index in [1.54, 1.807) is 0 Å². The lowest BCUT2D eigenvalue weighted by Crippen LogP contribution is -1.97. The Morgan fingerprint density at radius 1 is 0.842 bits per heavy atom. The zero-order valence-electron chi connectivity index (χ0n) is 10.9. The van der Waals surface area contributed by atoms with Gasteiger partial charge in [0.2, 0.25) is 0 Å². The molecule has 0 aliphatic heterocycles. The topological polar surface area (TPSA) is 38.0 Å². The van der Waals surface area contributed by atoms with Gasteiger partial charge in [0.15, 0.2) is 0 Å². The number of anilines is 3. The Bertz CT molecular complexity index is 727. The van der Waals surface area contributed by atoms with Crippen LogP contribution in [0.4, 0.5) is 17.1 Å². The number of nitrogen functional groups attached to an aromatic ring is 1. The molecule has 0 heterocycles. The quantitative estimate of drug-likeness (QED) is 0.656. The second-order valence-electron chi connectivity index (χ2n) is 4.74. The second-order valence-corrected chi connectivity index (χ2v) is 4.74. The molecule has 3 aromatic rings. The molecule has 0 atom stereocenters. The third kappa shape index (κ3) is 2.25. The molecule has 0 bridgehead atoms. The molecule has 0 aliphatic rings. The summed E-state index contributed by atoms with van der Waals surface area (Å²) >= 11 is 0. The zero-order valence-corrected chi connectivity index (χ0v) is 10.9. The van der Waals surface area contributed by atoms with Crippen LogP contribution >= 0.6 is 0 Å². The first kappa shape index (κ1) is 11.6. The van der Waals surface area contributed by atoms with Crippen molar-refractivity contribution in [2.45, 2.75) is 6.92 Å². The number of aryl methyl sites for hydroxylation is 1. The highest BCUT2D eigenvalue weighted by Gasteiger charge is 2.03. The van der Waals surface area contributed by atoms with Crippen molar-refractivity contribution >= 4 is 27.8 Å². The predicted octanol–water partition coefficient (Wildman–Crippen LogP) is 4.47. The molecule has 3 rings (SSSR count). The van der Waals surface area contributed by atoms with Crippen LogP contribution in [0.2, 0.25) is 0 Å². The van der Waals surface area contributed by atoms with Crippen LogP contribution in [0.25, 0.3) is 10.8 Å². The number of hydrogen-bond acceptors (Lipinski definition) is 2. The molecular formula is C17H16N2. The summed E-state index contributed by atoms with van der Waals surface area (Å²) in [5, 5.41) is 5.85. The van der Waals surface area contributed by atoms with Gasteiger partial charge in [-0.15, -0.1) is 0 Å². The molecule has 0 saturated heterocycles. The van der Waals surface area contributed by atoms with Gasteiger partial charge in [0.1, 0.15) is 0 Å². The molecule has 2 nitrogen and oxygen atoms in total. The summed E-state index contributed by atoms with van der Waals surface area (Å²) in [6, 6.07) is 20.6. The van der Waals surface area contributed by atoms with E-state index in [1.165, 1.54) is 16.3 Å². The molecule has 0 unspecified atom stereocenters. The lowest BCUT2D eigenvalue weighted by atomic mass is 10.1. The minimum Gasteiger partial charge on any atom is -0.397 e. The van der Waals surface area contributed by atoms with Gasteiger partial charge in [0.25, 0.3) is 0 Å². The maximum absolute atomic E-state index is 6.02. The Hall–Kier alpha value is -2.48. The molecule has 0 spiro atoms. The number of fused-ring (bicyclic) bond motifs is 1. The molecule has 3 aromatic carbocycles. The maximum Gasteiger partial charge on any atom is 0.0620 e. The van der Waals surface area contributed by atoms with E-state index in [-0.39, 0.29) is 0 Å². The number of nitrogens with two attached hydrogens (primary N) is 1. The van der Waals surface area contributed by atoms with Gasteiger partial charge in [0, 0.05) is 11.1 Å². The average molecular weight is 248 g/mol. The monoisotopic (exact) mass is 248 g/mol. The average Bonchev–Trinajstić information content (AvgIpc) is 2.43. The first-order valence-electron chi connectivity index (χ1n) is 6.35. The normalized spacial score (nSPS) is 10.6. The van der Waals surface area contributed by atoms with Crippen molar-refractivity contribution < 1.29 is 0 Å². The minimum atomic E-state index is 0.763. The van der Waals surface area contributed by atoms with Gasteiger partial charge in [-0.1, -0.05) is 42.5 Å². The molecule has 0 saturated carbocycles. The van der Waals surface area contributed by atoms with E-state index in [0.717, 1.165) is 17.1 Å². The van der Waals surface area contributed by atoms with E-state index in [0.29, 0.717) is 0 Å². The summed E-state index contributed by atoms with van der Waals surface area (Å²) in [7, 11) is 0. The fraction of sp³-hybridized carbons (Fsp3) is 0.0588. The van der Waals surface area contributed by atoms with Crippen LogP contribution in [0.1, 0.15) is 5.56 Å². The number of hydrogen-bond donors (Lipinski definition) is 2. The van der Waals surface area contributed by atoms with Crippen molar-refractivity contribution in [3.63, 3.8) is 0 Å². The Morgan fingerprint density at radius 3 is 2.53 bits per heavy atom.